The van der Waals surface area contributed by atoms with Crippen molar-refractivity contribution in [3.05, 3.63) is 21.9 Å². The fourth-order valence-corrected chi connectivity index (χ4v) is 3.05. The number of nitrogens with zero attached hydrogens (tertiary/aromatic N) is 1. The molecule has 1 aliphatic rings. The Bertz CT molecular complexity index is 376. The Morgan fingerprint density at radius 2 is 2.40 bits per heavy atom. The van der Waals surface area contributed by atoms with Crippen molar-refractivity contribution in [1.29, 1.82) is 0 Å². The van der Waals surface area contributed by atoms with Crippen LogP contribution in [0.5, 0.6) is 0 Å². The van der Waals surface area contributed by atoms with Crippen LogP contribution in [0.15, 0.2) is 11.4 Å². The molecule has 2 nitrogen and oxygen atoms in total. The Morgan fingerprint density at radius 3 is 2.87 bits per heavy atom. The van der Waals surface area contributed by atoms with Crippen LogP contribution in [0.2, 0.25) is 0 Å². The van der Waals surface area contributed by atoms with Gasteiger partial charge in [-0.1, -0.05) is 0 Å². The first-order valence-corrected chi connectivity index (χ1v) is 6.39. The van der Waals surface area contributed by atoms with Crippen LogP contribution in [0.4, 0.5) is 0 Å². The molecule has 1 aromatic heterocycles. The molecule has 1 amide bonds. The Hall–Kier alpha value is -0.540. The van der Waals surface area contributed by atoms with Crippen LogP contribution in [0.3, 0.4) is 0 Å². The molecule has 1 saturated heterocycles. The molecule has 0 radical (unpaired) electrons. The lowest BCUT2D eigenvalue weighted by molar-refractivity contribution is 0.0748. The minimum atomic E-state index is 0.115. The normalized spacial score (nSPS) is 25.9. The Morgan fingerprint density at radius 1 is 1.67 bits per heavy atom. The summed E-state index contributed by atoms with van der Waals surface area (Å²) < 4.78 is 0. The number of hydrogen-bond acceptors (Lipinski definition) is 2. The first-order chi connectivity index (χ1) is 7.08. The van der Waals surface area contributed by atoms with Crippen LogP contribution in [0.25, 0.3) is 0 Å². The zero-order valence-corrected chi connectivity index (χ0v) is 10.4. The van der Waals surface area contributed by atoms with Crippen molar-refractivity contribution in [3.8, 4) is 0 Å². The smallest absolute Gasteiger partial charge is 0.254 e. The minimum absolute atomic E-state index is 0.115. The second kappa shape index (κ2) is 4.14. The lowest BCUT2D eigenvalue weighted by Gasteiger charge is -2.20. The maximum Gasteiger partial charge on any atom is 0.254 e. The molecule has 1 fully saturated rings. The molecule has 82 valence electrons. The van der Waals surface area contributed by atoms with Crippen LogP contribution in [-0.4, -0.2) is 28.8 Å². The third-order valence-electron chi connectivity index (χ3n) is 2.76. The summed E-state index contributed by atoms with van der Waals surface area (Å²) in [7, 11) is 0. The molecule has 0 spiro atoms. The molecule has 0 aromatic carbocycles. The summed E-state index contributed by atoms with van der Waals surface area (Å²) in [6, 6.07) is 2.21. The molecular weight excluding hydrogens is 230 g/mol. The molecule has 4 heteroatoms. The number of alkyl halides is 1. The zero-order chi connectivity index (χ0) is 11.0. The summed E-state index contributed by atoms with van der Waals surface area (Å²) in [6.45, 7) is 4.75. The van der Waals surface area contributed by atoms with Gasteiger partial charge in [-0.2, -0.15) is 0 Å². The predicted molar refractivity (Wildman–Crippen MR) is 63.8 cm³/mol. The quantitative estimate of drug-likeness (QED) is 0.695. The highest BCUT2D eigenvalue weighted by Gasteiger charge is 2.31. The van der Waals surface area contributed by atoms with E-state index < -0.39 is 0 Å². The first kappa shape index (κ1) is 11.0. The second-order valence-electron chi connectivity index (χ2n) is 4.09. The van der Waals surface area contributed by atoms with Gasteiger partial charge in [0.15, 0.2) is 0 Å². The first-order valence-electron chi connectivity index (χ1n) is 5.08. The fraction of sp³-hybridized carbons (Fsp3) is 0.545. The largest absolute Gasteiger partial charge is 0.334 e. The molecule has 1 aliphatic heterocycles. The maximum atomic E-state index is 12.1. The molecule has 0 saturated carbocycles. The molecule has 1 aromatic rings. The van der Waals surface area contributed by atoms with E-state index in [4.69, 9.17) is 11.6 Å². The summed E-state index contributed by atoms with van der Waals surface area (Å²) in [5.41, 5.74) is 0.801. The van der Waals surface area contributed by atoms with Crippen molar-refractivity contribution in [2.75, 3.05) is 6.54 Å². The SMILES string of the molecule is Cc1cc(C(=O)N2CC(Cl)CC2C)cs1. The van der Waals surface area contributed by atoms with E-state index in [2.05, 4.69) is 6.92 Å². The maximum absolute atomic E-state index is 12.1. The van der Waals surface area contributed by atoms with Gasteiger partial charge in [-0.3, -0.25) is 4.79 Å². The molecular formula is C11H14ClNOS. The molecule has 0 bridgehead atoms. The number of rotatable bonds is 1. The summed E-state index contributed by atoms with van der Waals surface area (Å²) in [6.07, 6.45) is 0.899. The van der Waals surface area contributed by atoms with Crippen LogP contribution < -0.4 is 0 Å². The Balaban J connectivity index is 2.15. The van der Waals surface area contributed by atoms with Gasteiger partial charge in [-0.25, -0.2) is 0 Å². The van der Waals surface area contributed by atoms with Gasteiger partial charge in [-0.05, 0) is 26.3 Å². The van der Waals surface area contributed by atoms with Crippen molar-refractivity contribution in [3.63, 3.8) is 0 Å². The molecule has 15 heavy (non-hydrogen) atoms. The number of carbonyl (C=O) groups excluding carboxylic acids is 1. The summed E-state index contributed by atoms with van der Waals surface area (Å²) >= 11 is 7.66. The van der Waals surface area contributed by atoms with Gasteiger partial charge in [-0.15, -0.1) is 22.9 Å². The Labute approximate surface area is 98.8 Å². The summed E-state index contributed by atoms with van der Waals surface area (Å²) in [5.74, 6) is 0.120. The van der Waals surface area contributed by atoms with E-state index in [-0.39, 0.29) is 17.3 Å². The summed E-state index contributed by atoms with van der Waals surface area (Å²) in [4.78, 5) is 15.1. The van der Waals surface area contributed by atoms with Gasteiger partial charge in [0.1, 0.15) is 0 Å². The average molecular weight is 244 g/mol. The number of carbonyl (C=O) groups is 1. The number of likely N-dealkylation sites (tertiary alicyclic amines) is 1. The van der Waals surface area contributed by atoms with Gasteiger partial charge >= 0.3 is 0 Å². The molecule has 2 unspecified atom stereocenters. The standard InChI is InChI=1S/C11H14ClNOS/c1-7-3-10(12)5-13(7)11(14)9-4-8(2)15-6-9/h4,6-7,10H,3,5H2,1-2H3. The number of hydrogen-bond donors (Lipinski definition) is 0. The number of amides is 1. The molecule has 0 aliphatic carbocycles. The van der Waals surface area contributed by atoms with Crippen LogP contribution in [0.1, 0.15) is 28.6 Å². The van der Waals surface area contributed by atoms with Crippen LogP contribution in [-0.2, 0) is 0 Å². The summed E-state index contributed by atoms with van der Waals surface area (Å²) in [5, 5.41) is 2.04. The zero-order valence-electron chi connectivity index (χ0n) is 8.87. The van der Waals surface area contributed by atoms with Gasteiger partial charge in [0.05, 0.1) is 10.9 Å². The van der Waals surface area contributed by atoms with E-state index in [0.29, 0.717) is 6.54 Å². The molecule has 0 N–H and O–H groups in total. The highest BCUT2D eigenvalue weighted by Crippen LogP contribution is 2.25. The lowest BCUT2D eigenvalue weighted by Crippen LogP contribution is -2.33. The van der Waals surface area contributed by atoms with Crippen molar-refractivity contribution < 1.29 is 4.79 Å². The average Bonchev–Trinajstić information content (AvgIpc) is 2.71. The third kappa shape index (κ3) is 2.18. The molecule has 2 atom stereocenters. The van der Waals surface area contributed by atoms with Gasteiger partial charge < -0.3 is 4.90 Å². The van der Waals surface area contributed by atoms with E-state index in [0.717, 1.165) is 12.0 Å². The number of halogens is 1. The van der Waals surface area contributed by atoms with Crippen molar-refractivity contribution in [1.82, 2.24) is 4.90 Å². The van der Waals surface area contributed by atoms with Gasteiger partial charge in [0, 0.05) is 22.8 Å². The molecule has 2 rings (SSSR count). The van der Waals surface area contributed by atoms with Crippen molar-refractivity contribution in [2.45, 2.75) is 31.7 Å². The topological polar surface area (TPSA) is 20.3 Å². The van der Waals surface area contributed by atoms with Gasteiger partial charge in [0.25, 0.3) is 5.91 Å². The van der Waals surface area contributed by atoms with Gasteiger partial charge in [0.2, 0.25) is 0 Å². The molecule has 2 heterocycles. The van der Waals surface area contributed by atoms with Crippen molar-refractivity contribution in [2.24, 2.45) is 0 Å². The van der Waals surface area contributed by atoms with E-state index in [1.807, 2.05) is 23.3 Å². The second-order valence-corrected chi connectivity index (χ2v) is 5.82. The monoisotopic (exact) mass is 243 g/mol. The minimum Gasteiger partial charge on any atom is -0.334 e. The highest BCUT2D eigenvalue weighted by atomic mass is 35.5. The van der Waals surface area contributed by atoms with E-state index in [1.165, 1.54) is 4.88 Å². The highest BCUT2D eigenvalue weighted by molar-refractivity contribution is 7.10. The van der Waals surface area contributed by atoms with E-state index >= 15 is 0 Å². The van der Waals surface area contributed by atoms with E-state index in [9.17, 15) is 4.79 Å². The predicted octanol–water partition coefficient (Wildman–Crippen LogP) is 2.90. The fourth-order valence-electron chi connectivity index (χ4n) is 1.97. The third-order valence-corrected chi connectivity index (χ3v) is 3.94. The van der Waals surface area contributed by atoms with Crippen molar-refractivity contribution >= 4 is 28.8 Å². The number of aryl methyl sites for hydroxylation is 1. The van der Waals surface area contributed by atoms with Crippen LogP contribution >= 0.6 is 22.9 Å². The lowest BCUT2D eigenvalue weighted by atomic mass is 10.2. The number of thiophene rings is 1. The van der Waals surface area contributed by atoms with Crippen LogP contribution in [0, 0.1) is 6.92 Å². The Kier molecular flexibility index (Phi) is 3.03. The van der Waals surface area contributed by atoms with E-state index in [1.54, 1.807) is 11.3 Å².